The summed E-state index contributed by atoms with van der Waals surface area (Å²) in [6.07, 6.45) is 2.61. The van der Waals surface area contributed by atoms with Crippen LogP contribution in [-0.2, 0) is 10.0 Å². The van der Waals surface area contributed by atoms with Crippen molar-refractivity contribution < 1.29 is 13.2 Å². The van der Waals surface area contributed by atoms with Crippen molar-refractivity contribution in [1.82, 2.24) is 20.1 Å². The van der Waals surface area contributed by atoms with Crippen LogP contribution in [0.3, 0.4) is 0 Å². The van der Waals surface area contributed by atoms with Crippen LogP contribution < -0.4 is 14.8 Å². The average Bonchev–Trinajstić information content (AvgIpc) is 3.40. The van der Waals surface area contributed by atoms with Gasteiger partial charge in [-0.05, 0) is 55.4 Å². The Labute approximate surface area is 173 Å². The molecule has 2 aromatic carbocycles. The Kier molecular flexibility index (Phi) is 5.44. The van der Waals surface area contributed by atoms with Gasteiger partial charge in [0.05, 0.1) is 23.7 Å². The zero-order valence-corrected chi connectivity index (χ0v) is 17.2. The van der Waals surface area contributed by atoms with E-state index in [0.29, 0.717) is 27.8 Å². The summed E-state index contributed by atoms with van der Waals surface area (Å²) >= 11 is 6.21. The lowest BCUT2D eigenvalue weighted by atomic mass is 10.1. The fourth-order valence-corrected chi connectivity index (χ4v) is 4.58. The highest BCUT2D eigenvalue weighted by atomic mass is 35.5. The molecule has 8 nitrogen and oxygen atoms in total. The van der Waals surface area contributed by atoms with Gasteiger partial charge in [0.1, 0.15) is 12.1 Å². The molecule has 29 heavy (non-hydrogen) atoms. The molecule has 1 fully saturated rings. The Morgan fingerprint density at radius 3 is 2.72 bits per heavy atom. The molecule has 152 valence electrons. The Hall–Kier alpha value is -2.62. The third kappa shape index (κ3) is 4.07. The lowest BCUT2D eigenvalue weighted by molar-refractivity contribution is 0.414. The second-order valence-corrected chi connectivity index (χ2v) is 8.80. The third-order valence-electron chi connectivity index (χ3n) is 4.84. The number of sulfonamides is 1. The number of anilines is 1. The fourth-order valence-electron chi connectivity index (χ4n) is 3.33. The SMILES string of the molecule is COc1ccc(S(=O)(=O)Nc2ccc(Cl)cc2-c2nncn2[C@H]2CCNC2)cc1. The van der Waals surface area contributed by atoms with Crippen LogP contribution in [0.2, 0.25) is 5.02 Å². The monoisotopic (exact) mass is 433 g/mol. The molecule has 1 atom stereocenters. The lowest BCUT2D eigenvalue weighted by Gasteiger charge is -2.16. The molecule has 0 radical (unpaired) electrons. The summed E-state index contributed by atoms with van der Waals surface area (Å²) in [6, 6.07) is 11.3. The Morgan fingerprint density at radius 2 is 2.03 bits per heavy atom. The Morgan fingerprint density at radius 1 is 1.24 bits per heavy atom. The topological polar surface area (TPSA) is 98.1 Å². The summed E-state index contributed by atoms with van der Waals surface area (Å²) < 4.78 is 35.5. The number of halogens is 1. The number of ether oxygens (including phenoxy) is 1. The molecular weight excluding hydrogens is 414 g/mol. The van der Waals surface area contributed by atoms with Gasteiger partial charge < -0.3 is 14.6 Å². The number of hydrogen-bond acceptors (Lipinski definition) is 6. The summed E-state index contributed by atoms with van der Waals surface area (Å²) in [6.45, 7) is 1.72. The summed E-state index contributed by atoms with van der Waals surface area (Å²) in [5, 5.41) is 12.1. The number of methoxy groups -OCH3 is 1. The van der Waals surface area contributed by atoms with E-state index in [1.807, 2.05) is 4.57 Å². The Balaban J connectivity index is 1.71. The quantitative estimate of drug-likeness (QED) is 0.620. The van der Waals surface area contributed by atoms with Gasteiger partial charge in [-0.15, -0.1) is 10.2 Å². The highest BCUT2D eigenvalue weighted by Crippen LogP contribution is 2.33. The first-order chi connectivity index (χ1) is 14.0. The van der Waals surface area contributed by atoms with Gasteiger partial charge in [0.25, 0.3) is 10.0 Å². The first kappa shape index (κ1) is 19.7. The maximum atomic E-state index is 12.9. The van der Waals surface area contributed by atoms with Crippen LogP contribution in [0.25, 0.3) is 11.4 Å². The first-order valence-corrected chi connectivity index (χ1v) is 10.9. The van der Waals surface area contributed by atoms with Gasteiger partial charge in [-0.25, -0.2) is 8.42 Å². The van der Waals surface area contributed by atoms with Crippen molar-refractivity contribution in [2.75, 3.05) is 24.9 Å². The summed E-state index contributed by atoms with van der Waals surface area (Å²) in [5.74, 6) is 1.14. The summed E-state index contributed by atoms with van der Waals surface area (Å²) in [5.41, 5.74) is 0.949. The maximum Gasteiger partial charge on any atom is 0.261 e. The van der Waals surface area contributed by atoms with Crippen LogP contribution in [0, 0.1) is 0 Å². The van der Waals surface area contributed by atoms with E-state index in [2.05, 4.69) is 20.2 Å². The zero-order chi connectivity index (χ0) is 20.4. The second kappa shape index (κ2) is 8.02. The minimum Gasteiger partial charge on any atom is -0.497 e. The first-order valence-electron chi connectivity index (χ1n) is 9.05. The van der Waals surface area contributed by atoms with Crippen LogP contribution in [0.4, 0.5) is 5.69 Å². The molecule has 2 heterocycles. The smallest absolute Gasteiger partial charge is 0.261 e. The molecule has 0 bridgehead atoms. The number of benzene rings is 2. The van der Waals surface area contributed by atoms with Gasteiger partial charge in [0, 0.05) is 17.1 Å². The number of aromatic nitrogens is 3. The van der Waals surface area contributed by atoms with E-state index in [9.17, 15) is 8.42 Å². The molecule has 4 rings (SSSR count). The normalized spacial score (nSPS) is 16.7. The third-order valence-corrected chi connectivity index (χ3v) is 6.45. The van der Waals surface area contributed by atoms with Gasteiger partial charge in [-0.2, -0.15) is 0 Å². The molecular formula is C19H20ClN5O3S. The van der Waals surface area contributed by atoms with E-state index in [1.165, 1.54) is 19.2 Å². The highest BCUT2D eigenvalue weighted by molar-refractivity contribution is 7.92. The fraction of sp³-hybridized carbons (Fsp3) is 0.263. The lowest BCUT2D eigenvalue weighted by Crippen LogP contribution is -2.16. The predicted molar refractivity (Wildman–Crippen MR) is 111 cm³/mol. The van der Waals surface area contributed by atoms with Crippen molar-refractivity contribution >= 4 is 27.3 Å². The zero-order valence-electron chi connectivity index (χ0n) is 15.7. The molecule has 1 aromatic heterocycles. The number of nitrogens with zero attached hydrogens (tertiary/aromatic N) is 3. The van der Waals surface area contributed by atoms with Crippen LogP contribution >= 0.6 is 11.6 Å². The number of rotatable bonds is 6. The van der Waals surface area contributed by atoms with Gasteiger partial charge in [0.2, 0.25) is 0 Å². The number of nitrogens with one attached hydrogen (secondary N) is 2. The predicted octanol–water partition coefficient (Wildman–Crippen LogP) is 2.94. The van der Waals surface area contributed by atoms with E-state index in [1.54, 1.807) is 36.7 Å². The van der Waals surface area contributed by atoms with Gasteiger partial charge in [-0.1, -0.05) is 11.6 Å². The van der Waals surface area contributed by atoms with Crippen LogP contribution in [-0.4, -0.2) is 43.4 Å². The minimum absolute atomic E-state index is 0.126. The summed E-state index contributed by atoms with van der Waals surface area (Å²) in [4.78, 5) is 0.126. The van der Waals surface area contributed by atoms with E-state index >= 15 is 0 Å². The highest BCUT2D eigenvalue weighted by Gasteiger charge is 2.24. The standard InChI is InChI=1S/C19H20ClN5O3S/c1-28-15-3-5-16(6-4-15)29(26,27)24-18-7-2-13(20)10-17(18)19-23-22-12-25(19)14-8-9-21-11-14/h2-7,10,12,14,21,24H,8-9,11H2,1H3/t14-/m0/s1. The van der Waals surface area contributed by atoms with Gasteiger partial charge >= 0.3 is 0 Å². The van der Waals surface area contributed by atoms with E-state index in [0.717, 1.165) is 19.5 Å². The van der Waals surface area contributed by atoms with Crippen LogP contribution in [0.5, 0.6) is 5.75 Å². The van der Waals surface area contributed by atoms with Crippen molar-refractivity contribution in [2.45, 2.75) is 17.4 Å². The van der Waals surface area contributed by atoms with Crippen LogP contribution in [0.1, 0.15) is 12.5 Å². The summed E-state index contributed by atoms with van der Waals surface area (Å²) in [7, 11) is -2.29. The van der Waals surface area contributed by atoms with Crippen molar-refractivity contribution in [3.05, 3.63) is 53.8 Å². The van der Waals surface area contributed by atoms with Crippen molar-refractivity contribution in [3.63, 3.8) is 0 Å². The molecule has 0 saturated carbocycles. The van der Waals surface area contributed by atoms with E-state index in [-0.39, 0.29) is 10.9 Å². The largest absolute Gasteiger partial charge is 0.497 e. The molecule has 0 unspecified atom stereocenters. The molecule has 10 heteroatoms. The Bertz CT molecular complexity index is 1110. The van der Waals surface area contributed by atoms with Crippen molar-refractivity contribution in [1.29, 1.82) is 0 Å². The molecule has 0 aliphatic carbocycles. The van der Waals surface area contributed by atoms with E-state index in [4.69, 9.17) is 16.3 Å². The molecule has 0 spiro atoms. The minimum atomic E-state index is -3.82. The molecule has 1 aliphatic heterocycles. The average molecular weight is 434 g/mol. The molecule has 2 N–H and O–H groups in total. The maximum absolute atomic E-state index is 12.9. The van der Waals surface area contributed by atoms with Crippen molar-refractivity contribution in [3.8, 4) is 17.1 Å². The molecule has 1 aliphatic rings. The van der Waals surface area contributed by atoms with Gasteiger partial charge in [0.15, 0.2) is 5.82 Å². The molecule has 3 aromatic rings. The van der Waals surface area contributed by atoms with Crippen molar-refractivity contribution in [2.24, 2.45) is 0 Å². The molecule has 0 amide bonds. The van der Waals surface area contributed by atoms with E-state index < -0.39 is 10.0 Å². The molecule has 1 saturated heterocycles. The second-order valence-electron chi connectivity index (χ2n) is 6.68. The number of hydrogen-bond donors (Lipinski definition) is 2. The van der Waals surface area contributed by atoms with Gasteiger partial charge in [-0.3, -0.25) is 4.72 Å². The van der Waals surface area contributed by atoms with Crippen LogP contribution in [0.15, 0.2) is 53.7 Å².